The summed E-state index contributed by atoms with van der Waals surface area (Å²) in [4.78, 5) is 0. The van der Waals surface area contributed by atoms with Gasteiger partial charge in [0.25, 0.3) is 0 Å². The van der Waals surface area contributed by atoms with Crippen molar-refractivity contribution in [3.63, 3.8) is 0 Å². The van der Waals surface area contributed by atoms with E-state index in [4.69, 9.17) is 10.0 Å². The van der Waals surface area contributed by atoms with Crippen LogP contribution in [0.4, 0.5) is 0 Å². The van der Waals surface area contributed by atoms with Crippen LogP contribution >= 0.6 is 0 Å². The summed E-state index contributed by atoms with van der Waals surface area (Å²) in [7, 11) is -1.39. The molecule has 2 unspecified atom stereocenters. The van der Waals surface area contributed by atoms with Crippen molar-refractivity contribution in [2.24, 2.45) is 0 Å². The summed E-state index contributed by atoms with van der Waals surface area (Å²) < 4.78 is 0. The molecule has 2 atom stereocenters. The maximum Gasteiger partial charge on any atom is 0.457 e. The zero-order chi connectivity index (χ0) is 9.56. The monoisotopic (exact) mass is 174 g/mol. The second-order valence-electron chi connectivity index (χ2n) is 3.20. The first kappa shape index (κ1) is 11.9. The normalized spacial score (nSPS) is 15.8. The lowest BCUT2D eigenvalue weighted by atomic mass is 9.67. The van der Waals surface area contributed by atoms with Gasteiger partial charge in [0.1, 0.15) is 0 Å². The number of rotatable bonds is 6. The highest BCUT2D eigenvalue weighted by atomic mass is 16.4. The Kier molecular flexibility index (Phi) is 6.43. The van der Waals surface area contributed by atoms with Crippen LogP contribution in [0.1, 0.15) is 39.5 Å². The molecule has 0 heterocycles. The lowest BCUT2D eigenvalue weighted by Gasteiger charge is -2.19. The highest BCUT2D eigenvalue weighted by Gasteiger charge is 2.28. The molecule has 0 fully saturated rings. The second-order valence-corrected chi connectivity index (χ2v) is 3.20. The third kappa shape index (κ3) is 4.09. The molecule has 0 amide bonds. The maximum atomic E-state index is 9.49. The fraction of sp³-hybridized carbons (Fsp3) is 1.00. The SMILES string of the molecule is CCCCC(O)C(CC)B(O)O. The Labute approximate surface area is 74.6 Å². The van der Waals surface area contributed by atoms with Gasteiger partial charge < -0.3 is 15.2 Å². The third-order valence-electron chi connectivity index (χ3n) is 2.20. The molecule has 12 heavy (non-hydrogen) atoms. The van der Waals surface area contributed by atoms with Gasteiger partial charge in [-0.1, -0.05) is 33.1 Å². The minimum Gasteiger partial charge on any atom is -0.427 e. The second kappa shape index (κ2) is 6.46. The van der Waals surface area contributed by atoms with E-state index in [9.17, 15) is 5.11 Å². The van der Waals surface area contributed by atoms with Crippen LogP contribution in [0.3, 0.4) is 0 Å². The fourth-order valence-electron chi connectivity index (χ4n) is 1.31. The van der Waals surface area contributed by atoms with E-state index in [0.717, 1.165) is 12.8 Å². The highest BCUT2D eigenvalue weighted by molar-refractivity contribution is 6.43. The molecule has 0 saturated carbocycles. The van der Waals surface area contributed by atoms with Crippen LogP contribution in [0, 0.1) is 0 Å². The number of hydrogen-bond acceptors (Lipinski definition) is 3. The first-order chi connectivity index (χ1) is 5.63. The molecule has 0 rings (SSSR count). The molecule has 0 bridgehead atoms. The molecule has 0 aliphatic heterocycles. The number of aliphatic hydroxyl groups is 1. The molecular formula is C8H19BO3. The fourth-order valence-corrected chi connectivity index (χ4v) is 1.31. The lowest BCUT2D eigenvalue weighted by molar-refractivity contribution is 0.136. The Bertz CT molecular complexity index is 108. The standard InChI is InChI=1S/C8H19BO3/c1-3-5-6-8(10)7(4-2)9(11)12/h7-8,10-12H,3-6H2,1-2H3. The predicted octanol–water partition coefficient (Wildman–Crippen LogP) is 0.790. The molecule has 0 saturated heterocycles. The van der Waals surface area contributed by atoms with Gasteiger partial charge >= 0.3 is 7.12 Å². The summed E-state index contributed by atoms with van der Waals surface area (Å²) in [6.45, 7) is 3.89. The lowest BCUT2D eigenvalue weighted by Crippen LogP contribution is -2.30. The average Bonchev–Trinajstić information content (AvgIpc) is 2.01. The van der Waals surface area contributed by atoms with Gasteiger partial charge in [0.2, 0.25) is 0 Å². The third-order valence-corrected chi connectivity index (χ3v) is 2.20. The molecule has 0 aromatic carbocycles. The van der Waals surface area contributed by atoms with Crippen molar-refractivity contribution in [2.75, 3.05) is 0 Å². The summed E-state index contributed by atoms with van der Waals surface area (Å²) in [5.74, 6) is -0.392. The van der Waals surface area contributed by atoms with Crippen molar-refractivity contribution in [3.8, 4) is 0 Å². The summed E-state index contributed by atoms with van der Waals surface area (Å²) >= 11 is 0. The van der Waals surface area contributed by atoms with Crippen molar-refractivity contribution < 1.29 is 15.2 Å². The van der Waals surface area contributed by atoms with Gasteiger partial charge in [0.15, 0.2) is 0 Å². The molecular weight excluding hydrogens is 155 g/mol. The van der Waals surface area contributed by atoms with E-state index in [0.29, 0.717) is 12.8 Å². The summed E-state index contributed by atoms with van der Waals surface area (Å²) in [5, 5.41) is 27.2. The number of hydrogen-bond donors (Lipinski definition) is 3. The van der Waals surface area contributed by atoms with Gasteiger partial charge in [0, 0.05) is 5.82 Å². The van der Waals surface area contributed by atoms with Crippen molar-refractivity contribution in [2.45, 2.75) is 51.5 Å². The first-order valence-electron chi connectivity index (χ1n) is 4.67. The van der Waals surface area contributed by atoms with Crippen molar-refractivity contribution in [1.29, 1.82) is 0 Å². The topological polar surface area (TPSA) is 60.7 Å². The van der Waals surface area contributed by atoms with E-state index in [2.05, 4.69) is 0 Å². The summed E-state index contributed by atoms with van der Waals surface area (Å²) in [6, 6.07) is 0. The van der Waals surface area contributed by atoms with Crippen LogP contribution in [0.5, 0.6) is 0 Å². The van der Waals surface area contributed by atoms with Crippen LogP contribution in [0.2, 0.25) is 5.82 Å². The smallest absolute Gasteiger partial charge is 0.427 e. The van der Waals surface area contributed by atoms with Crippen LogP contribution in [-0.2, 0) is 0 Å². The molecule has 0 aromatic rings. The van der Waals surface area contributed by atoms with Gasteiger partial charge in [-0.05, 0) is 6.42 Å². The van der Waals surface area contributed by atoms with Gasteiger partial charge in [0.05, 0.1) is 6.10 Å². The number of aliphatic hydroxyl groups excluding tert-OH is 1. The van der Waals surface area contributed by atoms with Gasteiger partial charge in [-0.2, -0.15) is 0 Å². The molecule has 3 nitrogen and oxygen atoms in total. The summed E-state index contributed by atoms with van der Waals surface area (Å²) in [6.07, 6.45) is 2.64. The number of unbranched alkanes of at least 4 members (excludes halogenated alkanes) is 1. The van der Waals surface area contributed by atoms with E-state index in [-0.39, 0.29) is 0 Å². The van der Waals surface area contributed by atoms with Crippen molar-refractivity contribution in [3.05, 3.63) is 0 Å². The molecule has 0 aliphatic carbocycles. The van der Waals surface area contributed by atoms with E-state index in [1.54, 1.807) is 0 Å². The van der Waals surface area contributed by atoms with E-state index in [1.165, 1.54) is 0 Å². The minimum absolute atomic E-state index is 0.392. The van der Waals surface area contributed by atoms with E-state index < -0.39 is 19.0 Å². The highest BCUT2D eigenvalue weighted by Crippen LogP contribution is 2.21. The Morgan fingerprint density at radius 2 is 1.83 bits per heavy atom. The Morgan fingerprint density at radius 3 is 2.17 bits per heavy atom. The average molecular weight is 174 g/mol. The van der Waals surface area contributed by atoms with Gasteiger partial charge in [-0.25, -0.2) is 0 Å². The van der Waals surface area contributed by atoms with Crippen LogP contribution < -0.4 is 0 Å². The van der Waals surface area contributed by atoms with E-state index >= 15 is 0 Å². The molecule has 0 aromatic heterocycles. The first-order valence-corrected chi connectivity index (χ1v) is 4.67. The maximum absolute atomic E-state index is 9.49. The Balaban J connectivity index is 3.77. The summed E-state index contributed by atoms with van der Waals surface area (Å²) in [5.41, 5.74) is 0. The molecule has 0 spiro atoms. The van der Waals surface area contributed by atoms with Gasteiger partial charge in [-0.3, -0.25) is 0 Å². The van der Waals surface area contributed by atoms with Gasteiger partial charge in [-0.15, -0.1) is 0 Å². The Hall–Kier alpha value is -0.0551. The van der Waals surface area contributed by atoms with Crippen molar-refractivity contribution in [1.82, 2.24) is 0 Å². The predicted molar refractivity (Wildman–Crippen MR) is 49.8 cm³/mol. The zero-order valence-corrected chi connectivity index (χ0v) is 7.90. The zero-order valence-electron chi connectivity index (χ0n) is 7.90. The molecule has 4 heteroatoms. The van der Waals surface area contributed by atoms with E-state index in [1.807, 2.05) is 13.8 Å². The molecule has 0 radical (unpaired) electrons. The van der Waals surface area contributed by atoms with Crippen LogP contribution in [-0.4, -0.2) is 28.4 Å². The van der Waals surface area contributed by atoms with Crippen molar-refractivity contribution >= 4 is 7.12 Å². The quantitative estimate of drug-likeness (QED) is 0.521. The Morgan fingerprint density at radius 1 is 1.25 bits per heavy atom. The molecule has 72 valence electrons. The van der Waals surface area contributed by atoms with Crippen LogP contribution in [0.25, 0.3) is 0 Å². The largest absolute Gasteiger partial charge is 0.457 e. The molecule has 3 N–H and O–H groups in total. The minimum atomic E-state index is -1.39. The van der Waals surface area contributed by atoms with Crippen LogP contribution in [0.15, 0.2) is 0 Å². The molecule has 0 aliphatic rings.